The van der Waals surface area contributed by atoms with Crippen molar-refractivity contribution in [1.29, 1.82) is 0 Å². The summed E-state index contributed by atoms with van der Waals surface area (Å²) in [5, 5.41) is 0. The third-order valence-corrected chi connectivity index (χ3v) is 2.22. The Morgan fingerprint density at radius 3 is 2.50 bits per heavy atom. The van der Waals surface area contributed by atoms with Crippen molar-refractivity contribution in [2.45, 2.75) is 13.0 Å². The third kappa shape index (κ3) is 1.67. The third-order valence-electron chi connectivity index (χ3n) is 2.22. The summed E-state index contributed by atoms with van der Waals surface area (Å²) in [6.07, 6.45) is 5.46. The van der Waals surface area contributed by atoms with Crippen LogP contribution in [0.15, 0.2) is 43.0 Å². The van der Waals surface area contributed by atoms with Gasteiger partial charge in [0.2, 0.25) is 0 Å². The van der Waals surface area contributed by atoms with E-state index in [1.54, 1.807) is 12.5 Å². The molecule has 2 N–H and O–H groups in total. The molecule has 3 heteroatoms. The predicted octanol–water partition coefficient (Wildman–Crippen LogP) is 1.89. The van der Waals surface area contributed by atoms with E-state index in [0.29, 0.717) is 0 Å². The molecule has 0 aliphatic rings. The Kier molecular flexibility index (Phi) is 2.33. The normalized spacial score (nSPS) is 12.7. The minimum Gasteiger partial charge on any atom is -0.324 e. The highest BCUT2D eigenvalue weighted by molar-refractivity contribution is 5.35. The van der Waals surface area contributed by atoms with Crippen LogP contribution < -0.4 is 5.73 Å². The lowest BCUT2D eigenvalue weighted by molar-refractivity contribution is 0.817. The second kappa shape index (κ2) is 3.64. The second-order valence-electron chi connectivity index (χ2n) is 3.35. The molecule has 1 aromatic carbocycles. The van der Waals surface area contributed by atoms with Crippen molar-refractivity contribution in [1.82, 2.24) is 9.55 Å². The summed E-state index contributed by atoms with van der Waals surface area (Å²) in [6, 6.07) is 8.26. The van der Waals surface area contributed by atoms with E-state index in [2.05, 4.69) is 4.98 Å². The highest BCUT2D eigenvalue weighted by Gasteiger charge is 1.99. The lowest BCUT2D eigenvalue weighted by Gasteiger charge is -2.07. The second-order valence-corrected chi connectivity index (χ2v) is 3.35. The molecule has 0 spiro atoms. The minimum atomic E-state index is 0.0897. The first-order chi connectivity index (χ1) is 6.77. The predicted molar refractivity (Wildman–Crippen MR) is 56.2 cm³/mol. The van der Waals surface area contributed by atoms with Crippen molar-refractivity contribution in [2.24, 2.45) is 5.73 Å². The van der Waals surface area contributed by atoms with Gasteiger partial charge in [-0.05, 0) is 24.6 Å². The van der Waals surface area contributed by atoms with Gasteiger partial charge < -0.3 is 10.3 Å². The Balaban J connectivity index is 2.31. The zero-order valence-corrected chi connectivity index (χ0v) is 8.09. The van der Waals surface area contributed by atoms with Crippen LogP contribution in [0.25, 0.3) is 5.69 Å². The van der Waals surface area contributed by atoms with E-state index in [1.807, 2.05) is 42.0 Å². The van der Waals surface area contributed by atoms with Crippen LogP contribution >= 0.6 is 0 Å². The van der Waals surface area contributed by atoms with Crippen LogP contribution in [0.1, 0.15) is 18.5 Å². The summed E-state index contributed by atoms with van der Waals surface area (Å²) < 4.78 is 1.96. The number of nitrogens with zero attached hydrogens (tertiary/aromatic N) is 2. The molecule has 0 aliphatic heterocycles. The van der Waals surface area contributed by atoms with Gasteiger partial charge in [-0.2, -0.15) is 0 Å². The Labute approximate surface area is 83.2 Å². The first-order valence-corrected chi connectivity index (χ1v) is 4.61. The number of rotatable bonds is 2. The van der Waals surface area contributed by atoms with Gasteiger partial charge in [-0.1, -0.05) is 12.1 Å². The van der Waals surface area contributed by atoms with Gasteiger partial charge in [0.25, 0.3) is 0 Å². The van der Waals surface area contributed by atoms with Gasteiger partial charge in [0.1, 0.15) is 0 Å². The molecule has 1 heterocycles. The van der Waals surface area contributed by atoms with Gasteiger partial charge in [-0.25, -0.2) is 4.98 Å². The minimum absolute atomic E-state index is 0.0897. The van der Waals surface area contributed by atoms with Crippen molar-refractivity contribution in [2.75, 3.05) is 0 Å². The van der Waals surface area contributed by atoms with E-state index in [1.165, 1.54) is 0 Å². The van der Waals surface area contributed by atoms with Crippen molar-refractivity contribution >= 4 is 0 Å². The average molecular weight is 187 g/mol. The van der Waals surface area contributed by atoms with Crippen LogP contribution in [-0.2, 0) is 0 Å². The van der Waals surface area contributed by atoms with E-state index in [4.69, 9.17) is 5.73 Å². The maximum absolute atomic E-state index is 5.76. The molecule has 3 nitrogen and oxygen atoms in total. The van der Waals surface area contributed by atoms with Gasteiger partial charge in [-0.3, -0.25) is 0 Å². The molecule has 1 atom stereocenters. The van der Waals surface area contributed by atoms with Gasteiger partial charge in [0.15, 0.2) is 0 Å². The molecule has 0 bridgehead atoms. The fourth-order valence-corrected chi connectivity index (χ4v) is 1.36. The number of imidazole rings is 1. The zero-order valence-electron chi connectivity index (χ0n) is 8.09. The summed E-state index contributed by atoms with van der Waals surface area (Å²) in [6.45, 7) is 1.98. The fourth-order valence-electron chi connectivity index (χ4n) is 1.36. The molecule has 0 aliphatic carbocycles. The Bertz CT molecular complexity index is 387. The van der Waals surface area contributed by atoms with Crippen LogP contribution in [0.2, 0.25) is 0 Å². The number of benzene rings is 1. The van der Waals surface area contributed by atoms with E-state index in [-0.39, 0.29) is 6.04 Å². The van der Waals surface area contributed by atoms with E-state index in [0.717, 1.165) is 11.3 Å². The first-order valence-electron chi connectivity index (χ1n) is 4.61. The fraction of sp³-hybridized carbons (Fsp3) is 0.182. The smallest absolute Gasteiger partial charge is 0.0991 e. The summed E-state index contributed by atoms with van der Waals surface area (Å²) in [5.74, 6) is 0. The molecular weight excluding hydrogens is 174 g/mol. The summed E-state index contributed by atoms with van der Waals surface area (Å²) >= 11 is 0. The number of nitrogens with two attached hydrogens (primary N) is 1. The molecule has 1 aromatic heterocycles. The Hall–Kier alpha value is -1.61. The summed E-state index contributed by atoms with van der Waals surface area (Å²) in [7, 11) is 0. The standard InChI is InChI=1S/C11H13N3/c1-9(12)10-2-4-11(5-3-10)14-7-6-13-8-14/h2-9H,12H2,1H3/t9-/m1/s1. The van der Waals surface area contributed by atoms with E-state index in [9.17, 15) is 0 Å². The molecule has 0 saturated heterocycles. The summed E-state index contributed by atoms with van der Waals surface area (Å²) in [5.41, 5.74) is 8.01. The van der Waals surface area contributed by atoms with Crippen LogP contribution in [0.5, 0.6) is 0 Å². The summed E-state index contributed by atoms with van der Waals surface area (Å²) in [4.78, 5) is 3.99. The van der Waals surface area contributed by atoms with Crippen molar-refractivity contribution < 1.29 is 0 Å². The van der Waals surface area contributed by atoms with Gasteiger partial charge in [0.05, 0.1) is 6.33 Å². The van der Waals surface area contributed by atoms with Crippen molar-refractivity contribution in [3.05, 3.63) is 48.5 Å². The molecule has 0 amide bonds. The largest absolute Gasteiger partial charge is 0.324 e. The van der Waals surface area contributed by atoms with Gasteiger partial charge in [-0.15, -0.1) is 0 Å². The maximum Gasteiger partial charge on any atom is 0.0991 e. The van der Waals surface area contributed by atoms with Crippen LogP contribution in [0.3, 0.4) is 0 Å². The zero-order chi connectivity index (χ0) is 9.97. The van der Waals surface area contributed by atoms with Crippen LogP contribution in [0.4, 0.5) is 0 Å². The molecule has 14 heavy (non-hydrogen) atoms. The molecule has 72 valence electrons. The molecule has 2 aromatic rings. The van der Waals surface area contributed by atoms with Crippen LogP contribution in [0, 0.1) is 0 Å². The Morgan fingerprint density at radius 2 is 2.00 bits per heavy atom. The highest BCUT2D eigenvalue weighted by atomic mass is 15.0. The molecule has 0 unspecified atom stereocenters. The monoisotopic (exact) mass is 187 g/mol. The molecule has 2 rings (SSSR count). The molecule has 0 fully saturated rings. The van der Waals surface area contributed by atoms with Crippen molar-refractivity contribution in [3.63, 3.8) is 0 Å². The van der Waals surface area contributed by atoms with Crippen LogP contribution in [-0.4, -0.2) is 9.55 Å². The SMILES string of the molecule is C[C@@H](N)c1ccc(-n2ccnc2)cc1. The number of aromatic nitrogens is 2. The molecule has 0 saturated carbocycles. The molecular formula is C11H13N3. The van der Waals surface area contributed by atoms with Gasteiger partial charge in [0, 0.05) is 24.1 Å². The lowest BCUT2D eigenvalue weighted by Crippen LogP contribution is -2.04. The van der Waals surface area contributed by atoms with E-state index < -0.39 is 0 Å². The average Bonchev–Trinajstić information content (AvgIpc) is 2.71. The highest BCUT2D eigenvalue weighted by Crippen LogP contribution is 2.13. The van der Waals surface area contributed by atoms with Gasteiger partial charge >= 0.3 is 0 Å². The van der Waals surface area contributed by atoms with Crippen molar-refractivity contribution in [3.8, 4) is 5.69 Å². The van der Waals surface area contributed by atoms with E-state index >= 15 is 0 Å². The lowest BCUT2D eigenvalue weighted by atomic mass is 10.1. The topological polar surface area (TPSA) is 43.8 Å². The Morgan fingerprint density at radius 1 is 1.29 bits per heavy atom. The number of hydrogen-bond acceptors (Lipinski definition) is 2. The molecule has 0 radical (unpaired) electrons. The first kappa shape index (κ1) is 8.97. The maximum atomic E-state index is 5.76. The number of hydrogen-bond donors (Lipinski definition) is 1. The quantitative estimate of drug-likeness (QED) is 0.780.